The summed E-state index contributed by atoms with van der Waals surface area (Å²) in [5.41, 5.74) is 0.322. The van der Waals surface area contributed by atoms with Crippen molar-refractivity contribution in [2.75, 3.05) is 40.6 Å². The van der Waals surface area contributed by atoms with Gasteiger partial charge in [0.2, 0.25) is 0 Å². The van der Waals surface area contributed by atoms with Crippen LogP contribution in [-0.4, -0.2) is 126 Å². The minimum absolute atomic E-state index is 0.0366. The summed E-state index contributed by atoms with van der Waals surface area (Å²) in [7, 11) is 3.10. The van der Waals surface area contributed by atoms with Gasteiger partial charge < -0.3 is 54.0 Å². The number of aliphatic hydroxyl groups is 5. The van der Waals surface area contributed by atoms with Crippen molar-refractivity contribution in [3.63, 3.8) is 0 Å². The fraction of sp³-hybridized carbons (Fsp3) is 0.879. The molecule has 0 aromatic rings. The van der Waals surface area contributed by atoms with Gasteiger partial charge in [-0.15, -0.1) is 0 Å². The number of hydrogen-bond acceptors (Lipinski definition) is 11. The molecule has 0 amide bonds. The maximum absolute atomic E-state index is 12.1. The summed E-state index contributed by atoms with van der Waals surface area (Å²) in [4.78, 5) is 0. The molecule has 0 bridgehead atoms. The summed E-state index contributed by atoms with van der Waals surface area (Å²) >= 11 is 0. The molecular weight excluding hydrogens is 572 g/mol. The average Bonchev–Trinajstić information content (AvgIpc) is 3.72. The minimum Gasteiger partial charge on any atom is -0.393 e. The Morgan fingerprint density at radius 3 is 2.39 bits per heavy atom. The van der Waals surface area contributed by atoms with Gasteiger partial charge in [0.1, 0.15) is 47.8 Å². The van der Waals surface area contributed by atoms with Crippen LogP contribution in [0.1, 0.15) is 60.3 Å². The summed E-state index contributed by atoms with van der Waals surface area (Å²) < 4.78 is 35.4. The zero-order valence-electron chi connectivity index (χ0n) is 27.3. The van der Waals surface area contributed by atoms with Crippen molar-refractivity contribution >= 4 is 0 Å². The Morgan fingerprint density at radius 2 is 1.80 bits per heavy atom. The van der Waals surface area contributed by atoms with Gasteiger partial charge in [0.25, 0.3) is 0 Å². The molecule has 3 aliphatic carbocycles. The van der Waals surface area contributed by atoms with Crippen molar-refractivity contribution in [3.05, 3.63) is 22.8 Å². The molecule has 2 saturated heterocycles. The molecule has 2 aliphatic heterocycles. The molecule has 13 atom stereocenters. The molecule has 2 heterocycles. The van der Waals surface area contributed by atoms with E-state index in [2.05, 4.69) is 26.8 Å². The first kappa shape index (κ1) is 34.4. The summed E-state index contributed by atoms with van der Waals surface area (Å²) in [6.45, 7) is 10.4. The SMILES string of the molecule is COCC1OC(OC2C3=C(C(C)C)CC[C@]3(C)C=C3[C@@H](CC[C@]3(O)COC)[C@@H](C)[C@H]2O)C(O)C(O)C1O[C@@](C)(CO)[C@H]1CO1. The van der Waals surface area contributed by atoms with Crippen molar-refractivity contribution in [2.24, 2.45) is 23.2 Å². The molecule has 6 unspecified atom stereocenters. The second-order valence-electron chi connectivity index (χ2n) is 14.5. The molecule has 0 aromatic carbocycles. The second-order valence-corrected chi connectivity index (χ2v) is 14.5. The van der Waals surface area contributed by atoms with Gasteiger partial charge in [-0.25, -0.2) is 0 Å². The summed E-state index contributed by atoms with van der Waals surface area (Å²) in [6.07, 6.45) is -3.21. The number of methoxy groups -OCH3 is 2. The first-order valence-corrected chi connectivity index (χ1v) is 16.2. The zero-order chi connectivity index (χ0) is 32.2. The average molecular weight is 627 g/mol. The number of ether oxygens (including phenoxy) is 6. The lowest BCUT2D eigenvalue weighted by molar-refractivity contribution is -0.334. The molecule has 5 N–H and O–H groups in total. The number of allylic oxidation sites excluding steroid dienone is 2. The predicted molar refractivity (Wildman–Crippen MR) is 160 cm³/mol. The first-order valence-electron chi connectivity index (χ1n) is 16.2. The minimum atomic E-state index is -1.51. The van der Waals surface area contributed by atoms with Crippen LogP contribution in [0.15, 0.2) is 22.8 Å². The van der Waals surface area contributed by atoms with Crippen LogP contribution in [0.5, 0.6) is 0 Å². The van der Waals surface area contributed by atoms with Crippen LogP contribution >= 0.6 is 0 Å². The van der Waals surface area contributed by atoms with Crippen LogP contribution in [-0.2, 0) is 28.4 Å². The van der Waals surface area contributed by atoms with Crippen molar-refractivity contribution in [2.45, 2.75) is 121 Å². The second kappa shape index (κ2) is 12.9. The lowest BCUT2D eigenvalue weighted by Crippen LogP contribution is -2.63. The monoisotopic (exact) mass is 626 g/mol. The standard InChI is InChI=1S/C33H54O11/c1-17(2)19-8-10-31(4)12-21-20(9-11-33(21,38)16-40-7)18(3)25(35)29(24(19)31)43-30-27(37)26(36)28(22(42-30)13-39-6)44-32(5,15-34)23-14-41-23/h12,17-18,20,22-23,25-30,34-38H,8-11,13-16H2,1-7H3/t18-,20+,22?,23-,25-,26?,27?,28?,29?,30?,31-,32+,33+/m1/s1. The number of fused-ring (bicyclic) bond motifs is 2. The maximum atomic E-state index is 12.1. The Morgan fingerprint density at radius 1 is 1.09 bits per heavy atom. The highest BCUT2D eigenvalue weighted by atomic mass is 16.7. The molecular formula is C33H54O11. The lowest BCUT2D eigenvalue weighted by atomic mass is 9.68. The van der Waals surface area contributed by atoms with Crippen LogP contribution in [0, 0.1) is 23.2 Å². The lowest BCUT2D eigenvalue weighted by Gasteiger charge is -2.48. The molecule has 11 heteroatoms. The van der Waals surface area contributed by atoms with Crippen molar-refractivity contribution in [1.29, 1.82) is 0 Å². The Balaban J connectivity index is 1.50. The van der Waals surface area contributed by atoms with Crippen LogP contribution in [0.2, 0.25) is 0 Å². The van der Waals surface area contributed by atoms with E-state index in [4.69, 9.17) is 28.4 Å². The van der Waals surface area contributed by atoms with Crippen molar-refractivity contribution < 1.29 is 54.0 Å². The molecule has 11 nitrogen and oxygen atoms in total. The van der Waals surface area contributed by atoms with Crippen LogP contribution < -0.4 is 0 Å². The Kier molecular flexibility index (Phi) is 10.1. The van der Waals surface area contributed by atoms with Gasteiger partial charge >= 0.3 is 0 Å². The third-order valence-electron chi connectivity index (χ3n) is 11.0. The van der Waals surface area contributed by atoms with Crippen molar-refractivity contribution in [1.82, 2.24) is 0 Å². The number of aliphatic hydroxyl groups excluding tert-OH is 4. The fourth-order valence-corrected chi connectivity index (χ4v) is 8.22. The van der Waals surface area contributed by atoms with E-state index >= 15 is 0 Å². The van der Waals surface area contributed by atoms with Gasteiger partial charge in [-0.1, -0.05) is 39.3 Å². The van der Waals surface area contributed by atoms with E-state index in [1.807, 2.05) is 6.92 Å². The Bertz CT molecular complexity index is 1090. The van der Waals surface area contributed by atoms with Gasteiger partial charge in [0.05, 0.1) is 32.5 Å². The normalized spacial score (nSPS) is 45.4. The summed E-state index contributed by atoms with van der Waals surface area (Å²) in [5.74, 6) is -0.193. The molecule has 0 spiro atoms. The molecule has 252 valence electrons. The van der Waals surface area contributed by atoms with E-state index in [-0.39, 0.29) is 43.7 Å². The van der Waals surface area contributed by atoms with E-state index in [0.29, 0.717) is 19.4 Å². The topological polar surface area (TPSA) is 160 Å². The van der Waals surface area contributed by atoms with E-state index in [1.165, 1.54) is 12.7 Å². The fourth-order valence-electron chi connectivity index (χ4n) is 8.22. The number of hydrogen-bond donors (Lipinski definition) is 5. The highest BCUT2D eigenvalue weighted by molar-refractivity contribution is 5.42. The molecule has 0 radical (unpaired) electrons. The molecule has 5 aliphatic rings. The van der Waals surface area contributed by atoms with Gasteiger partial charge in [-0.3, -0.25) is 0 Å². The largest absolute Gasteiger partial charge is 0.393 e. The molecule has 44 heavy (non-hydrogen) atoms. The maximum Gasteiger partial charge on any atom is 0.187 e. The predicted octanol–water partition coefficient (Wildman–Crippen LogP) is 1.48. The number of rotatable bonds is 11. The van der Waals surface area contributed by atoms with Gasteiger partial charge in [-0.05, 0) is 61.5 Å². The molecule has 3 fully saturated rings. The summed E-state index contributed by atoms with van der Waals surface area (Å²) in [6, 6.07) is 0. The molecule has 5 rings (SSSR count). The third-order valence-corrected chi connectivity index (χ3v) is 11.0. The summed E-state index contributed by atoms with van der Waals surface area (Å²) in [5, 5.41) is 56.7. The van der Waals surface area contributed by atoms with Crippen LogP contribution in [0.3, 0.4) is 0 Å². The van der Waals surface area contributed by atoms with Gasteiger partial charge in [0, 0.05) is 19.6 Å². The Labute approximate surface area is 261 Å². The third kappa shape index (κ3) is 6.08. The van der Waals surface area contributed by atoms with E-state index in [9.17, 15) is 25.5 Å². The first-order chi connectivity index (χ1) is 20.7. The van der Waals surface area contributed by atoms with Gasteiger partial charge in [-0.2, -0.15) is 0 Å². The van der Waals surface area contributed by atoms with E-state index in [0.717, 1.165) is 24.0 Å². The molecule has 1 saturated carbocycles. The zero-order valence-corrected chi connectivity index (χ0v) is 27.3. The van der Waals surface area contributed by atoms with E-state index < -0.39 is 59.5 Å². The Hall–Kier alpha value is -0.960. The van der Waals surface area contributed by atoms with Crippen LogP contribution in [0.25, 0.3) is 0 Å². The number of epoxide rings is 1. The quantitative estimate of drug-likeness (QED) is 0.167. The highest BCUT2D eigenvalue weighted by Gasteiger charge is 2.56. The van der Waals surface area contributed by atoms with E-state index in [1.54, 1.807) is 14.0 Å². The smallest absolute Gasteiger partial charge is 0.187 e. The highest BCUT2D eigenvalue weighted by Crippen LogP contribution is 2.56. The molecule has 0 aromatic heterocycles. The van der Waals surface area contributed by atoms with Crippen molar-refractivity contribution in [3.8, 4) is 0 Å². The van der Waals surface area contributed by atoms with Crippen LogP contribution in [0.4, 0.5) is 0 Å². The van der Waals surface area contributed by atoms with Gasteiger partial charge in [0.15, 0.2) is 6.29 Å².